The summed E-state index contributed by atoms with van der Waals surface area (Å²) in [4.78, 5) is 61.8. The fraction of sp³-hybridized carbons (Fsp3) is 0.721. The fourth-order valence-corrected chi connectivity index (χ4v) is 39.2. The first-order chi connectivity index (χ1) is 57.5. The van der Waals surface area contributed by atoms with Crippen molar-refractivity contribution in [3.05, 3.63) is 131 Å². The number of thioether (sulfide) groups is 3. The lowest BCUT2D eigenvalue weighted by atomic mass is 9.31. The molecule has 19 rings (SSSR count). The molecule has 12 saturated carbocycles. The Balaban J connectivity index is 0.000000131. The Hall–Kier alpha value is -5.14. The Morgan fingerprint density at radius 2 is 0.748 bits per heavy atom. The second-order valence-corrected chi connectivity index (χ2v) is 53.9. The molecule has 24 atom stereocenters. The Bertz CT molecular complexity index is 4960. The predicted molar refractivity (Wildman–Crippen MR) is 500 cm³/mol. The number of carbonyl (C=O) groups is 4. The van der Waals surface area contributed by atoms with E-state index in [2.05, 4.69) is 240 Å². The molecule has 1 heterocycles. The number of Topliss-reactive ketones (excluding diaryl/α,β-unsaturated/α-hetero) is 4. The van der Waals surface area contributed by atoms with Crippen LogP contribution in [0.25, 0.3) is 0 Å². The van der Waals surface area contributed by atoms with E-state index >= 15 is 0 Å². The van der Waals surface area contributed by atoms with Crippen LogP contribution < -0.4 is 0 Å². The van der Waals surface area contributed by atoms with Crippen molar-refractivity contribution in [2.45, 2.75) is 332 Å². The van der Waals surface area contributed by atoms with Crippen LogP contribution in [-0.2, 0) is 31.0 Å². The molecule has 0 saturated heterocycles. The van der Waals surface area contributed by atoms with Crippen LogP contribution in [0.4, 0.5) is 0 Å². The normalized spacial score (nSPS) is 44.4. The Labute approximate surface area is 754 Å². The van der Waals surface area contributed by atoms with Crippen molar-refractivity contribution in [2.75, 3.05) is 17.3 Å². The number of ketones is 4. The van der Waals surface area contributed by atoms with Gasteiger partial charge in [0.15, 0.2) is 5.78 Å². The summed E-state index contributed by atoms with van der Waals surface area (Å²) in [6.45, 7) is 50.2. The van der Waals surface area contributed by atoms with Crippen molar-refractivity contribution < 1.29 is 28.8 Å². The molecule has 0 spiro atoms. The van der Waals surface area contributed by atoms with E-state index in [0.29, 0.717) is 88.5 Å². The molecule has 15 aliphatic carbocycles. The van der Waals surface area contributed by atoms with E-state index in [1.807, 2.05) is 61.4 Å². The summed E-state index contributed by atoms with van der Waals surface area (Å²) in [7, 11) is 0. The number of aliphatic hydroxyl groups is 1. The smallest absolute Gasteiger partial charge is 0.178 e. The lowest BCUT2D eigenvalue weighted by Crippen LogP contribution is -2.69. The molecule has 0 unspecified atom stereocenters. The number of hydrogen-bond donors (Lipinski definition) is 1. The number of benzene rings is 3. The van der Waals surface area contributed by atoms with E-state index in [1.54, 1.807) is 0 Å². The lowest BCUT2D eigenvalue weighted by Gasteiger charge is -2.72. The van der Waals surface area contributed by atoms with Crippen LogP contribution in [0.3, 0.4) is 0 Å². The second-order valence-electron chi connectivity index (χ2n) is 50.7. The first-order valence-electron chi connectivity index (χ1n) is 48.6. The zero-order valence-corrected chi connectivity index (χ0v) is 81.8. The third kappa shape index (κ3) is 13.5. The first kappa shape index (κ1) is 89.8. The van der Waals surface area contributed by atoms with Gasteiger partial charge >= 0.3 is 0 Å². The third-order valence-electron chi connectivity index (χ3n) is 42.5. The van der Waals surface area contributed by atoms with Gasteiger partial charge < -0.3 is 9.63 Å². The number of aliphatic hydroxyl groups excluding tert-OH is 1. The predicted octanol–water partition coefficient (Wildman–Crippen LogP) is 28.4. The molecule has 12 fully saturated rings. The zero-order valence-electron chi connectivity index (χ0n) is 79.3. The van der Waals surface area contributed by atoms with Gasteiger partial charge in [0.25, 0.3) is 0 Å². The van der Waals surface area contributed by atoms with Crippen molar-refractivity contribution in [2.24, 2.45) is 163 Å². The van der Waals surface area contributed by atoms with E-state index in [4.69, 9.17) is 4.52 Å². The minimum absolute atomic E-state index is 0.00924. The molecule has 0 bridgehead atoms. The SMILES string of the molecule is CC1(C)CC[C@]2(CSc3ccccc3)CC[C@]3(C)[C@H](C(=O)C[C@@H]4[C@@]5(C)C=C(C#N)C(=O)C(C)(C)[C@@H]5CC[C@]43C)[C@@H]2C1.CC1(C)CC[C@]2(CSc3ccccc3)CC[C@]3(C)[C@H](C(=O)C[C@@H]4[C@@]5(C)CC(C#N)=C(O)C(C)(C)[C@@H]5CC[C@]43C)[C@@H]2C1.CC1(C)CC[C@]2(CSc3ccccc3)CC[C@]3(C)[C@H](C(=O)C[C@@H]4[C@@]5(C)Cc6cnoc6C(C)(C)[C@@H]5CC[C@]43C)[C@@H]2C1. The molecule has 1 aromatic heterocycles. The van der Waals surface area contributed by atoms with Gasteiger partial charge in [0.05, 0.1) is 23.4 Å². The molecule has 3 aromatic carbocycles. The maximum absolute atomic E-state index is 14.8. The van der Waals surface area contributed by atoms with Crippen LogP contribution in [0.1, 0.15) is 317 Å². The number of hydrogen-bond acceptors (Lipinski definition) is 12. The average Bonchev–Trinajstić information content (AvgIpc) is 0.827. The standard InChI is InChI=1S/2C37H51NO2S.C37H49NO2S/c1-32(2)15-17-37(23-41-25-11-9-8-10-12-25)18-16-36(7)30(26(37)21-32)27(39)19-29-34(5)20-24-22-38-40-31(24)33(3,4)28(34)13-14-35(29,36)6;2*1-32(2)15-17-37(23-41-25-11-9-8-10-12-25)18-16-36(7)30(26(37)21-32)27(39)19-29-34(5)20-24(22-38)31(40)33(3,4)28(34)13-14-35(29,36)6/h8-12,22,26,28-30H,13-21,23H2,1-7H3;8-12,26,28-30,40H,13-21,23H2,1-7H3;8-12,20,26,28-30H,13-19,21,23H2,1-7H3/t3*26-,28-,29+,30-,34-,35+,36+,37+/m000/s1. The number of nitriles is 2. The van der Waals surface area contributed by atoms with Gasteiger partial charge in [-0.3, -0.25) is 19.2 Å². The van der Waals surface area contributed by atoms with Gasteiger partial charge in [0.2, 0.25) is 0 Å². The Morgan fingerprint density at radius 1 is 0.398 bits per heavy atom. The highest BCUT2D eigenvalue weighted by molar-refractivity contribution is 7.99. The molecule has 664 valence electrons. The van der Waals surface area contributed by atoms with Gasteiger partial charge in [-0.2, -0.15) is 10.5 Å². The number of nitrogens with zero attached hydrogens (tertiary/aromatic N) is 3. The van der Waals surface area contributed by atoms with Crippen molar-refractivity contribution in [1.82, 2.24) is 5.16 Å². The highest BCUT2D eigenvalue weighted by Gasteiger charge is 2.77. The van der Waals surface area contributed by atoms with E-state index < -0.39 is 10.8 Å². The van der Waals surface area contributed by atoms with Crippen molar-refractivity contribution >= 4 is 58.4 Å². The Morgan fingerprint density at radius 3 is 1.13 bits per heavy atom. The number of carbonyl (C=O) groups excluding carboxylic acids is 4. The molecule has 123 heavy (non-hydrogen) atoms. The molecular formula is C111H151N3O6S3. The number of aromatic nitrogens is 1. The summed E-state index contributed by atoms with van der Waals surface area (Å²) < 4.78 is 5.88. The van der Waals surface area contributed by atoms with E-state index in [-0.39, 0.29) is 128 Å². The van der Waals surface area contributed by atoms with E-state index in [0.717, 1.165) is 87.2 Å². The van der Waals surface area contributed by atoms with Crippen LogP contribution in [0, 0.1) is 186 Å². The van der Waals surface area contributed by atoms with Gasteiger partial charge in [-0.1, -0.05) is 211 Å². The highest BCUT2D eigenvalue weighted by atomic mass is 32.2. The van der Waals surface area contributed by atoms with Gasteiger partial charge in [-0.05, 0) is 319 Å². The summed E-state index contributed by atoms with van der Waals surface area (Å²) in [5.41, 5.74) is 2.32. The fourth-order valence-electron chi connectivity index (χ4n) is 35.2. The first-order valence-corrected chi connectivity index (χ1v) is 51.6. The number of allylic oxidation sites excluding steroid dienone is 4. The maximum atomic E-state index is 14.8. The zero-order chi connectivity index (χ0) is 88.3. The molecule has 0 aliphatic heterocycles. The third-order valence-corrected chi connectivity index (χ3v) is 46.5. The van der Waals surface area contributed by atoms with Crippen molar-refractivity contribution in [3.8, 4) is 12.1 Å². The quantitative estimate of drug-likeness (QED) is 0.158. The minimum Gasteiger partial charge on any atom is -0.511 e. The summed E-state index contributed by atoms with van der Waals surface area (Å²) >= 11 is 6.06. The van der Waals surface area contributed by atoms with Crippen LogP contribution >= 0.6 is 35.3 Å². The average molecular weight is 1720 g/mol. The van der Waals surface area contributed by atoms with Gasteiger partial charge in [0, 0.05) is 90.8 Å². The number of fused-ring (bicyclic) bond motifs is 22. The van der Waals surface area contributed by atoms with Gasteiger partial charge in [-0.25, -0.2) is 0 Å². The lowest BCUT2D eigenvalue weighted by molar-refractivity contribution is -0.228. The van der Waals surface area contributed by atoms with E-state index in [9.17, 15) is 34.8 Å². The molecule has 0 amide bonds. The molecular weight excluding hydrogens is 1570 g/mol. The molecule has 9 nitrogen and oxygen atoms in total. The highest BCUT2D eigenvalue weighted by Crippen LogP contribution is 2.82. The largest absolute Gasteiger partial charge is 0.511 e. The van der Waals surface area contributed by atoms with Gasteiger partial charge in [-0.15, -0.1) is 35.3 Å². The van der Waals surface area contributed by atoms with Crippen molar-refractivity contribution in [3.63, 3.8) is 0 Å². The molecule has 4 aromatic rings. The number of rotatable bonds is 9. The maximum Gasteiger partial charge on any atom is 0.178 e. The Kier molecular flexibility index (Phi) is 22.1. The second kappa shape index (κ2) is 30.2. The molecule has 1 N–H and O–H groups in total. The van der Waals surface area contributed by atoms with Gasteiger partial charge in [0.1, 0.15) is 34.9 Å². The summed E-state index contributed by atoms with van der Waals surface area (Å²) in [5.74, 6) is 9.78. The summed E-state index contributed by atoms with van der Waals surface area (Å²) in [5, 5.41) is 35.4. The van der Waals surface area contributed by atoms with Crippen molar-refractivity contribution in [1.29, 1.82) is 10.5 Å². The van der Waals surface area contributed by atoms with Crippen LogP contribution in [0.2, 0.25) is 0 Å². The molecule has 12 heteroatoms. The monoisotopic (exact) mass is 1720 g/mol. The van der Waals surface area contributed by atoms with Crippen LogP contribution in [0.5, 0.6) is 0 Å². The van der Waals surface area contributed by atoms with Crippen LogP contribution in [-0.4, -0.2) is 50.7 Å². The summed E-state index contributed by atoms with van der Waals surface area (Å²) in [6, 6.07) is 37.3. The van der Waals surface area contributed by atoms with Crippen LogP contribution in [0.15, 0.2) is 139 Å². The molecule has 0 radical (unpaired) electrons. The van der Waals surface area contributed by atoms with E-state index in [1.165, 1.54) is 104 Å². The summed E-state index contributed by atoms with van der Waals surface area (Å²) in [6.07, 6.45) is 32.3. The topological polar surface area (TPSA) is 162 Å². The minimum atomic E-state index is -0.583. The molecule has 15 aliphatic rings.